The summed E-state index contributed by atoms with van der Waals surface area (Å²) < 4.78 is 16.4. The Bertz CT molecular complexity index is 874. The molecule has 3 aliphatic rings. The maximum Gasteiger partial charge on any atom is 0.335 e. The normalized spacial score (nSPS) is 35.2. The molecule has 1 aliphatic heterocycles. The van der Waals surface area contributed by atoms with E-state index in [0.717, 1.165) is 18.4 Å². The summed E-state index contributed by atoms with van der Waals surface area (Å²) in [5.74, 6) is -1.45. The molecule has 0 aromatic heterocycles. The van der Waals surface area contributed by atoms with Gasteiger partial charge in [0, 0.05) is 25.0 Å². The fourth-order valence-electron chi connectivity index (χ4n) is 5.85. The molecule has 0 aromatic rings. The summed E-state index contributed by atoms with van der Waals surface area (Å²) >= 11 is 0. The molecule has 0 N–H and O–H groups in total. The second kappa shape index (κ2) is 8.05. The minimum Gasteiger partial charge on any atom is -0.432 e. The van der Waals surface area contributed by atoms with Crippen molar-refractivity contribution in [3.63, 3.8) is 0 Å². The third-order valence-electron chi connectivity index (χ3n) is 7.49. The third-order valence-corrected chi connectivity index (χ3v) is 7.49. The fraction of sp³-hybridized carbons (Fsp3) is 0.640. The summed E-state index contributed by atoms with van der Waals surface area (Å²) in [6.07, 6.45) is 8.42. The smallest absolute Gasteiger partial charge is 0.335 e. The number of carbonyl (C=O) groups is 3. The molecule has 2 fully saturated rings. The lowest BCUT2D eigenvalue weighted by molar-refractivity contribution is -0.174. The van der Waals surface area contributed by atoms with E-state index in [1.165, 1.54) is 12.3 Å². The molecule has 0 amide bonds. The van der Waals surface area contributed by atoms with Gasteiger partial charge in [-0.15, -0.1) is 0 Å². The Morgan fingerprint density at radius 1 is 1.29 bits per heavy atom. The van der Waals surface area contributed by atoms with Crippen molar-refractivity contribution in [3.05, 3.63) is 35.8 Å². The number of esters is 2. The quantitative estimate of drug-likeness (QED) is 0.276. The van der Waals surface area contributed by atoms with Crippen molar-refractivity contribution in [2.75, 3.05) is 7.11 Å². The average Bonchev–Trinajstić information content (AvgIpc) is 2.97. The minimum absolute atomic E-state index is 0.0116. The predicted molar refractivity (Wildman–Crippen MR) is 115 cm³/mol. The number of ketones is 1. The predicted octanol–water partition coefficient (Wildman–Crippen LogP) is 4.50. The molecule has 2 saturated carbocycles. The Balaban J connectivity index is 2.03. The fourth-order valence-corrected chi connectivity index (χ4v) is 5.85. The largest absolute Gasteiger partial charge is 0.432 e. The van der Waals surface area contributed by atoms with Crippen molar-refractivity contribution in [3.8, 4) is 0 Å². The van der Waals surface area contributed by atoms with Crippen LogP contribution in [0.25, 0.3) is 0 Å². The lowest BCUT2D eigenvalue weighted by Crippen LogP contribution is -2.61. The molecule has 0 aromatic carbocycles. The summed E-state index contributed by atoms with van der Waals surface area (Å²) in [6.45, 7) is 11.4. The Labute approximate surface area is 184 Å². The summed E-state index contributed by atoms with van der Waals surface area (Å²) in [6, 6.07) is 0. The summed E-state index contributed by atoms with van der Waals surface area (Å²) in [4.78, 5) is 39.0. The lowest BCUT2D eigenvalue weighted by Gasteiger charge is -2.57. The number of ether oxygens (including phenoxy) is 3. The Kier molecular flexibility index (Phi) is 6.09. The average molecular weight is 431 g/mol. The van der Waals surface area contributed by atoms with Gasteiger partial charge in [-0.05, 0) is 77.4 Å². The van der Waals surface area contributed by atoms with Gasteiger partial charge in [0.1, 0.15) is 5.76 Å². The van der Waals surface area contributed by atoms with Gasteiger partial charge < -0.3 is 14.2 Å². The van der Waals surface area contributed by atoms with Crippen molar-refractivity contribution < 1.29 is 28.6 Å². The molecule has 0 radical (unpaired) electrons. The molecule has 170 valence electrons. The van der Waals surface area contributed by atoms with Crippen molar-refractivity contribution >= 4 is 17.7 Å². The highest BCUT2D eigenvalue weighted by molar-refractivity contribution is 6.10. The molecule has 1 spiro atoms. The number of fused-ring (bicyclic) bond motifs is 2. The van der Waals surface area contributed by atoms with Gasteiger partial charge >= 0.3 is 11.9 Å². The minimum atomic E-state index is -1.40. The molecule has 31 heavy (non-hydrogen) atoms. The van der Waals surface area contributed by atoms with Crippen LogP contribution in [0.15, 0.2) is 35.8 Å². The number of hydrogen-bond donors (Lipinski definition) is 0. The van der Waals surface area contributed by atoms with E-state index >= 15 is 0 Å². The number of hydrogen-bond acceptors (Lipinski definition) is 6. The van der Waals surface area contributed by atoms with Crippen molar-refractivity contribution in [2.24, 2.45) is 28.6 Å². The molecular weight excluding hydrogens is 396 g/mol. The molecule has 2 aliphatic carbocycles. The number of cyclic esters (lactones) is 1. The molecule has 1 heterocycles. The first-order valence-corrected chi connectivity index (χ1v) is 10.9. The first-order valence-electron chi connectivity index (χ1n) is 10.9. The van der Waals surface area contributed by atoms with E-state index in [0.29, 0.717) is 12.2 Å². The van der Waals surface area contributed by atoms with Crippen LogP contribution in [0, 0.1) is 28.6 Å². The van der Waals surface area contributed by atoms with E-state index in [1.54, 1.807) is 26.2 Å². The molecule has 6 heteroatoms. The second-order valence-electron chi connectivity index (χ2n) is 10.3. The zero-order chi connectivity index (χ0) is 23.2. The Morgan fingerprint density at radius 2 is 1.97 bits per heavy atom. The summed E-state index contributed by atoms with van der Waals surface area (Å²) in [5, 5.41) is 0. The van der Waals surface area contributed by atoms with Crippen LogP contribution in [-0.4, -0.2) is 30.4 Å². The van der Waals surface area contributed by atoms with Crippen LogP contribution in [0.5, 0.6) is 0 Å². The highest BCUT2D eigenvalue weighted by Crippen LogP contribution is 2.63. The molecule has 6 nitrogen and oxygen atoms in total. The van der Waals surface area contributed by atoms with E-state index in [9.17, 15) is 14.4 Å². The number of rotatable bonds is 5. The van der Waals surface area contributed by atoms with E-state index in [-0.39, 0.29) is 23.0 Å². The Morgan fingerprint density at radius 3 is 2.52 bits per heavy atom. The van der Waals surface area contributed by atoms with Crippen molar-refractivity contribution in [1.82, 2.24) is 0 Å². The van der Waals surface area contributed by atoms with Crippen LogP contribution in [0.1, 0.15) is 60.8 Å². The van der Waals surface area contributed by atoms with E-state index < -0.39 is 28.9 Å². The maximum absolute atomic E-state index is 13.9. The zero-order valence-electron chi connectivity index (χ0n) is 19.6. The van der Waals surface area contributed by atoms with Crippen LogP contribution < -0.4 is 0 Å². The van der Waals surface area contributed by atoms with E-state index in [2.05, 4.69) is 6.92 Å². The van der Waals surface area contributed by atoms with Gasteiger partial charge in [-0.1, -0.05) is 12.5 Å². The van der Waals surface area contributed by atoms with Crippen LogP contribution >= 0.6 is 0 Å². The van der Waals surface area contributed by atoms with Gasteiger partial charge in [0.25, 0.3) is 0 Å². The van der Waals surface area contributed by atoms with Gasteiger partial charge in [0.2, 0.25) is 0 Å². The Hall–Kier alpha value is -2.21. The highest BCUT2D eigenvalue weighted by Gasteiger charge is 2.67. The molecule has 0 saturated heterocycles. The first-order chi connectivity index (χ1) is 14.4. The van der Waals surface area contributed by atoms with Gasteiger partial charge in [-0.2, -0.15) is 0 Å². The zero-order valence-corrected chi connectivity index (χ0v) is 19.6. The standard InChI is InChI=1S/C25H34O6/c1-15(2)12-20(26)30-11-9-19-24(6)10-8-18(23(4,5)29-7)17(14-24)21(27)25(19)13-16(3)31-22(25)28/h9,11-13,17-19H,8,10,14H2,1-7H3/b11-9+/t17-,18-,19+,24+,25+/m0/s1. The van der Waals surface area contributed by atoms with Crippen LogP contribution in [0.3, 0.4) is 0 Å². The lowest BCUT2D eigenvalue weighted by atomic mass is 9.45. The topological polar surface area (TPSA) is 78.9 Å². The van der Waals surface area contributed by atoms with Crippen molar-refractivity contribution in [2.45, 2.75) is 66.4 Å². The summed E-state index contributed by atoms with van der Waals surface area (Å²) in [7, 11) is 1.66. The van der Waals surface area contributed by atoms with Crippen LogP contribution in [0.2, 0.25) is 0 Å². The molecular formula is C25H34O6. The number of Topliss-reactive ketones (excluding diaryl/α,β-unsaturated/α-hetero) is 1. The van der Waals surface area contributed by atoms with Crippen molar-refractivity contribution in [1.29, 1.82) is 0 Å². The van der Waals surface area contributed by atoms with Gasteiger partial charge in [-0.25, -0.2) is 4.79 Å². The highest BCUT2D eigenvalue weighted by atomic mass is 16.5. The van der Waals surface area contributed by atoms with Crippen LogP contribution in [-0.2, 0) is 28.6 Å². The van der Waals surface area contributed by atoms with E-state index in [1.807, 2.05) is 27.7 Å². The molecule has 3 rings (SSSR count). The molecule has 5 atom stereocenters. The van der Waals surface area contributed by atoms with Crippen LogP contribution in [0.4, 0.5) is 0 Å². The monoisotopic (exact) mass is 430 g/mol. The maximum atomic E-state index is 13.9. The molecule has 2 bridgehead atoms. The number of methoxy groups -OCH3 is 1. The SMILES string of the molecule is COC(C)(C)[C@H]1CC[C@]2(C)C[C@@H]1C(=O)[C@@]1(C=C(C)OC1=O)[C@@H]2/C=C/OC(=O)C=C(C)C. The number of carbonyl (C=O) groups excluding carboxylic acids is 3. The third kappa shape index (κ3) is 3.91. The first kappa shape index (κ1) is 23.5. The number of allylic oxidation sites excluding steroid dienone is 3. The summed E-state index contributed by atoms with van der Waals surface area (Å²) in [5.41, 5.74) is -1.37. The van der Waals surface area contributed by atoms with Gasteiger partial charge in [0.05, 0.1) is 11.9 Å². The van der Waals surface area contributed by atoms with Gasteiger partial charge in [-0.3, -0.25) is 9.59 Å². The second-order valence-corrected chi connectivity index (χ2v) is 10.3. The van der Waals surface area contributed by atoms with E-state index in [4.69, 9.17) is 14.2 Å². The van der Waals surface area contributed by atoms with Gasteiger partial charge in [0.15, 0.2) is 11.2 Å². The molecule has 0 unspecified atom stereocenters.